The predicted octanol–water partition coefficient (Wildman–Crippen LogP) is 4.32. The normalized spacial score (nSPS) is 14.6. The van der Waals surface area contributed by atoms with E-state index in [-0.39, 0.29) is 77.7 Å². The number of hydrogen-bond donors (Lipinski definition) is 4. The summed E-state index contributed by atoms with van der Waals surface area (Å²) in [5, 5.41) is 4.25. The summed E-state index contributed by atoms with van der Waals surface area (Å²) in [6.07, 6.45) is 3.64. The van der Waals surface area contributed by atoms with Gasteiger partial charge in [0.15, 0.2) is 0 Å². The fourth-order valence-corrected chi connectivity index (χ4v) is 5.51. The fraction of sp³-hybridized carbons (Fsp3) is 0.310. The third-order valence-corrected chi connectivity index (χ3v) is 7.87. The van der Waals surface area contributed by atoms with Gasteiger partial charge in [-0.2, -0.15) is 0 Å². The van der Waals surface area contributed by atoms with E-state index in [1.165, 1.54) is 0 Å². The van der Waals surface area contributed by atoms with Gasteiger partial charge in [-0.25, -0.2) is 4.57 Å². The minimum absolute atomic E-state index is 0. The van der Waals surface area contributed by atoms with E-state index in [0.29, 0.717) is 6.42 Å². The summed E-state index contributed by atoms with van der Waals surface area (Å²) in [6, 6.07) is 17.7. The number of fused-ring (bicyclic) bond motifs is 1. The average Bonchev–Trinajstić information content (AvgIpc) is 3.58. The van der Waals surface area contributed by atoms with Gasteiger partial charge in [-0.05, 0) is 86.6 Å². The maximum atomic E-state index is 13.9. The molecule has 40 heavy (non-hydrogen) atoms. The standard InChI is InChI=1S/C29H32N3O5P.2Na/c1-18-7-9-23(19(2)15-18)27(26-6-4-5-20(3)31-26)32-28(33)29(12-13-29)22-8-10-25-24(16-22)21(17-30-25)11-14-37-38(34,35)36;;/h4-10,15-17,27,30H,11-14H2,1-3H3,(H,32,33)(H2,34,35,36);;. The molecule has 2 aromatic heterocycles. The maximum absolute atomic E-state index is 13.9. The number of phosphoric acid groups is 1. The monoisotopic (exact) mass is 579 g/mol. The van der Waals surface area contributed by atoms with Crippen LogP contribution in [0, 0.1) is 20.8 Å². The number of amides is 1. The number of nitrogens with zero attached hydrogens (tertiary/aromatic N) is 1. The minimum Gasteiger partial charge on any atom is -0.361 e. The molecule has 1 aliphatic carbocycles. The third-order valence-electron chi connectivity index (χ3n) is 7.35. The van der Waals surface area contributed by atoms with Crippen molar-refractivity contribution in [1.29, 1.82) is 0 Å². The number of aromatic amines is 1. The van der Waals surface area contributed by atoms with Crippen molar-refractivity contribution in [3.8, 4) is 0 Å². The van der Waals surface area contributed by atoms with Gasteiger partial charge in [-0.1, -0.05) is 35.9 Å². The van der Waals surface area contributed by atoms with E-state index in [2.05, 4.69) is 46.9 Å². The van der Waals surface area contributed by atoms with Crippen LogP contribution in [0.4, 0.5) is 0 Å². The molecule has 11 heteroatoms. The van der Waals surface area contributed by atoms with Crippen molar-refractivity contribution < 1.29 is 23.7 Å². The van der Waals surface area contributed by atoms with Crippen molar-refractivity contribution in [1.82, 2.24) is 15.3 Å². The van der Waals surface area contributed by atoms with Crippen LogP contribution in [0.25, 0.3) is 10.9 Å². The Morgan fingerprint density at radius 2 is 1.85 bits per heavy atom. The summed E-state index contributed by atoms with van der Waals surface area (Å²) >= 11 is 0. The number of benzene rings is 2. The van der Waals surface area contributed by atoms with Crippen molar-refractivity contribution >= 4 is 83.7 Å². The Hall–Kier alpha value is -1.29. The summed E-state index contributed by atoms with van der Waals surface area (Å²) < 4.78 is 15.7. The zero-order chi connectivity index (χ0) is 27.1. The van der Waals surface area contributed by atoms with Crippen LogP contribution in [0.15, 0.2) is 60.8 Å². The van der Waals surface area contributed by atoms with Gasteiger partial charge in [0, 0.05) is 81.9 Å². The number of carbonyl (C=O) groups is 1. The fourth-order valence-electron chi connectivity index (χ4n) is 5.18. The van der Waals surface area contributed by atoms with Crippen molar-refractivity contribution in [3.63, 3.8) is 0 Å². The van der Waals surface area contributed by atoms with Gasteiger partial charge in [0.1, 0.15) is 0 Å². The van der Waals surface area contributed by atoms with E-state index in [0.717, 1.165) is 62.9 Å². The van der Waals surface area contributed by atoms with Gasteiger partial charge >= 0.3 is 7.82 Å². The van der Waals surface area contributed by atoms with Crippen LogP contribution in [0.2, 0.25) is 0 Å². The topological polar surface area (TPSA) is 125 Å². The van der Waals surface area contributed by atoms with Crippen LogP contribution in [-0.4, -0.2) is 91.4 Å². The van der Waals surface area contributed by atoms with Crippen LogP contribution < -0.4 is 5.32 Å². The van der Waals surface area contributed by atoms with E-state index in [4.69, 9.17) is 14.8 Å². The van der Waals surface area contributed by atoms with Gasteiger partial charge in [-0.3, -0.25) is 14.3 Å². The van der Waals surface area contributed by atoms with E-state index >= 15 is 0 Å². The van der Waals surface area contributed by atoms with Crippen LogP contribution in [0.3, 0.4) is 0 Å². The number of phosphoric ester groups is 1. The van der Waals surface area contributed by atoms with Crippen molar-refractivity contribution in [2.45, 2.75) is 51.5 Å². The summed E-state index contributed by atoms with van der Waals surface area (Å²) in [5.74, 6) is -0.0351. The maximum Gasteiger partial charge on any atom is 0.469 e. The second-order valence-corrected chi connectivity index (χ2v) is 11.4. The molecular weight excluding hydrogens is 547 g/mol. The molecule has 1 amide bonds. The zero-order valence-corrected chi connectivity index (χ0v) is 28.6. The number of aryl methyl sites for hydroxylation is 3. The first-order valence-corrected chi connectivity index (χ1v) is 14.2. The van der Waals surface area contributed by atoms with Crippen molar-refractivity contribution in [2.75, 3.05) is 6.61 Å². The van der Waals surface area contributed by atoms with E-state index in [1.807, 2.05) is 49.5 Å². The molecule has 1 saturated carbocycles. The van der Waals surface area contributed by atoms with Gasteiger partial charge in [-0.15, -0.1) is 0 Å². The number of aromatic nitrogens is 2. The third kappa shape index (κ3) is 7.37. The number of pyridine rings is 1. The average molecular weight is 580 g/mol. The second-order valence-electron chi connectivity index (χ2n) is 10.2. The molecule has 8 nitrogen and oxygen atoms in total. The zero-order valence-electron chi connectivity index (χ0n) is 23.7. The first-order valence-electron chi connectivity index (χ1n) is 12.7. The second kappa shape index (κ2) is 13.3. The van der Waals surface area contributed by atoms with Crippen LogP contribution >= 0.6 is 7.82 Å². The molecule has 2 heterocycles. The molecule has 2 aromatic carbocycles. The molecular formula is C29H32N3Na2O5P. The molecule has 200 valence electrons. The molecule has 0 spiro atoms. The molecule has 1 atom stereocenters. The number of hydrogen-bond acceptors (Lipinski definition) is 4. The van der Waals surface area contributed by atoms with E-state index in [1.54, 1.807) is 0 Å². The number of H-pyrrole nitrogens is 1. The molecule has 0 aliphatic heterocycles. The van der Waals surface area contributed by atoms with Gasteiger partial charge in [0.25, 0.3) is 0 Å². The largest absolute Gasteiger partial charge is 0.469 e. The van der Waals surface area contributed by atoms with E-state index in [9.17, 15) is 9.36 Å². The Morgan fingerprint density at radius 1 is 1.10 bits per heavy atom. The Balaban J connectivity index is 0.00000220. The molecule has 1 fully saturated rings. The molecule has 4 N–H and O–H groups in total. The summed E-state index contributed by atoms with van der Waals surface area (Å²) in [7, 11) is -4.53. The number of rotatable bonds is 9. The SMILES string of the molecule is Cc1ccc(C(NC(=O)C2(c3ccc4[nH]cc(CCOP(=O)(O)O)c4c3)CC2)c2cccc(C)n2)c(C)c1.[Na].[Na]. The molecule has 0 saturated heterocycles. The van der Waals surface area contributed by atoms with Gasteiger partial charge in [0.2, 0.25) is 5.91 Å². The smallest absolute Gasteiger partial charge is 0.361 e. The van der Waals surface area contributed by atoms with Crippen molar-refractivity contribution in [3.05, 3.63) is 100.0 Å². The first kappa shape index (κ1) is 33.2. The molecule has 5 rings (SSSR count). The quantitative estimate of drug-likeness (QED) is 0.173. The summed E-state index contributed by atoms with van der Waals surface area (Å²) in [4.78, 5) is 39.9. The Kier molecular flexibility index (Phi) is 11.1. The molecule has 2 radical (unpaired) electrons. The Bertz CT molecular complexity index is 1560. The van der Waals surface area contributed by atoms with Crippen LogP contribution in [-0.2, 0) is 25.7 Å². The first-order chi connectivity index (χ1) is 18.1. The Labute approximate surface area is 278 Å². The van der Waals surface area contributed by atoms with E-state index < -0.39 is 13.2 Å². The summed E-state index contributed by atoms with van der Waals surface area (Å²) in [6.45, 7) is 5.95. The minimum atomic E-state index is -4.53. The number of nitrogens with one attached hydrogen (secondary N) is 2. The molecule has 0 bridgehead atoms. The van der Waals surface area contributed by atoms with Crippen LogP contribution in [0.1, 0.15) is 58.1 Å². The molecule has 4 aromatic rings. The summed E-state index contributed by atoms with van der Waals surface area (Å²) in [5.41, 5.74) is 7.04. The Morgan fingerprint density at radius 3 is 2.50 bits per heavy atom. The molecule has 1 aliphatic rings. The van der Waals surface area contributed by atoms with Gasteiger partial charge < -0.3 is 20.1 Å². The van der Waals surface area contributed by atoms with Gasteiger partial charge in [0.05, 0.1) is 23.8 Å². The van der Waals surface area contributed by atoms with Crippen LogP contribution in [0.5, 0.6) is 0 Å². The number of carbonyl (C=O) groups excluding carboxylic acids is 1. The predicted molar refractivity (Wildman–Crippen MR) is 157 cm³/mol. The molecule has 1 unspecified atom stereocenters. The van der Waals surface area contributed by atoms with Crippen molar-refractivity contribution in [2.24, 2.45) is 0 Å².